The molecule has 0 amide bonds. The Hall–Kier alpha value is -1.95. The lowest BCUT2D eigenvalue weighted by atomic mass is 9.90. The van der Waals surface area contributed by atoms with Crippen LogP contribution in [0.5, 0.6) is 5.75 Å². The second-order valence-corrected chi connectivity index (χ2v) is 8.68. The molecule has 4 rings (SSSR count). The number of thiol groups is 1. The average molecular weight is 425 g/mol. The first-order valence-corrected chi connectivity index (χ1v) is 11.3. The summed E-state index contributed by atoms with van der Waals surface area (Å²) < 4.78 is 11.7. The maximum absolute atomic E-state index is 6.21. The van der Waals surface area contributed by atoms with Gasteiger partial charge >= 0.3 is 0 Å². The Kier molecular flexibility index (Phi) is 6.71. The molecule has 1 fully saturated rings. The Labute approximate surface area is 185 Å². The van der Waals surface area contributed by atoms with E-state index in [4.69, 9.17) is 15.2 Å². The molecule has 2 N–H and O–H groups in total. The molecule has 1 saturated heterocycles. The van der Waals surface area contributed by atoms with Crippen LogP contribution in [-0.2, 0) is 24.3 Å². The molecule has 2 heterocycles. The van der Waals surface area contributed by atoms with Crippen molar-refractivity contribution in [2.45, 2.75) is 52.3 Å². The van der Waals surface area contributed by atoms with E-state index in [1.807, 2.05) is 12.1 Å². The largest absolute Gasteiger partial charge is 0.488 e. The minimum atomic E-state index is 0.540. The summed E-state index contributed by atoms with van der Waals surface area (Å²) in [6, 6.07) is 11.3. The van der Waals surface area contributed by atoms with E-state index in [0.717, 1.165) is 62.4 Å². The van der Waals surface area contributed by atoms with Crippen molar-refractivity contribution in [3.63, 3.8) is 0 Å². The highest BCUT2D eigenvalue weighted by Gasteiger charge is 2.26. The molecule has 0 aromatic heterocycles. The number of nitrogens with zero attached hydrogens (tertiary/aromatic N) is 1. The Morgan fingerprint density at radius 1 is 1.23 bits per heavy atom. The second-order valence-electron chi connectivity index (χ2n) is 8.42. The van der Waals surface area contributed by atoms with Crippen LogP contribution in [0.4, 0.5) is 0 Å². The number of aryl methyl sites for hydroxylation is 1. The van der Waals surface area contributed by atoms with Crippen molar-refractivity contribution in [1.29, 1.82) is 0 Å². The zero-order valence-corrected chi connectivity index (χ0v) is 18.9. The van der Waals surface area contributed by atoms with Crippen LogP contribution in [-0.4, -0.2) is 30.7 Å². The van der Waals surface area contributed by atoms with E-state index in [9.17, 15) is 0 Å². The van der Waals surface area contributed by atoms with Crippen molar-refractivity contribution in [1.82, 2.24) is 4.90 Å². The van der Waals surface area contributed by atoms with E-state index in [2.05, 4.69) is 49.6 Å². The Morgan fingerprint density at radius 2 is 2.03 bits per heavy atom. The SMILES string of the molecule is Cc1ccc(OCc2ccc3c(c2C)CCN(C2CCOCC2)C3)c(/C(N)=C/S)c1. The molecular formula is C25H32N2O2S. The van der Waals surface area contributed by atoms with Crippen molar-refractivity contribution < 1.29 is 9.47 Å². The fourth-order valence-electron chi connectivity index (χ4n) is 4.65. The minimum absolute atomic E-state index is 0.540. The quantitative estimate of drug-likeness (QED) is 0.689. The van der Waals surface area contributed by atoms with E-state index in [1.54, 1.807) is 5.41 Å². The zero-order chi connectivity index (χ0) is 21.1. The molecule has 0 unspecified atom stereocenters. The van der Waals surface area contributed by atoms with E-state index < -0.39 is 0 Å². The van der Waals surface area contributed by atoms with Crippen LogP contribution in [0.15, 0.2) is 35.7 Å². The summed E-state index contributed by atoms with van der Waals surface area (Å²) in [6.45, 7) is 8.81. The van der Waals surface area contributed by atoms with Gasteiger partial charge in [-0.1, -0.05) is 23.8 Å². The van der Waals surface area contributed by atoms with Crippen LogP contribution >= 0.6 is 12.6 Å². The first kappa shape index (κ1) is 21.3. The lowest BCUT2D eigenvalue weighted by Gasteiger charge is -2.38. The van der Waals surface area contributed by atoms with Gasteiger partial charge in [-0.05, 0) is 72.9 Å². The molecule has 2 aliphatic heterocycles. The highest BCUT2D eigenvalue weighted by molar-refractivity contribution is 7.83. The second kappa shape index (κ2) is 9.46. The third-order valence-electron chi connectivity index (χ3n) is 6.51. The molecule has 0 atom stereocenters. The number of fused-ring (bicyclic) bond motifs is 1. The minimum Gasteiger partial charge on any atom is -0.488 e. The van der Waals surface area contributed by atoms with Crippen LogP contribution in [0.3, 0.4) is 0 Å². The third kappa shape index (κ3) is 4.53. The summed E-state index contributed by atoms with van der Waals surface area (Å²) in [5, 5.41) is 1.62. The Morgan fingerprint density at radius 3 is 2.80 bits per heavy atom. The van der Waals surface area contributed by atoms with Gasteiger partial charge in [0.15, 0.2) is 0 Å². The Bertz CT molecular complexity index is 935. The van der Waals surface area contributed by atoms with Crippen molar-refractivity contribution >= 4 is 18.3 Å². The number of benzene rings is 2. The number of hydrogen-bond acceptors (Lipinski definition) is 5. The predicted octanol–water partition coefficient (Wildman–Crippen LogP) is 4.61. The van der Waals surface area contributed by atoms with Crippen molar-refractivity contribution in [3.8, 4) is 5.75 Å². The van der Waals surface area contributed by atoms with Gasteiger partial charge in [-0.15, -0.1) is 12.6 Å². The monoisotopic (exact) mass is 424 g/mol. The van der Waals surface area contributed by atoms with Crippen LogP contribution < -0.4 is 10.5 Å². The van der Waals surface area contributed by atoms with Crippen molar-refractivity contribution in [3.05, 3.63) is 69.1 Å². The van der Waals surface area contributed by atoms with Gasteiger partial charge in [-0.25, -0.2) is 0 Å². The molecule has 0 spiro atoms. The fraction of sp³-hybridized carbons (Fsp3) is 0.440. The smallest absolute Gasteiger partial charge is 0.129 e. The molecule has 2 aliphatic rings. The number of ether oxygens (including phenoxy) is 2. The van der Waals surface area contributed by atoms with Gasteiger partial charge in [-0.2, -0.15) is 0 Å². The topological polar surface area (TPSA) is 47.7 Å². The summed E-state index contributed by atoms with van der Waals surface area (Å²) in [4.78, 5) is 2.64. The van der Waals surface area contributed by atoms with Gasteiger partial charge in [0.1, 0.15) is 12.4 Å². The molecule has 5 heteroatoms. The Balaban J connectivity index is 1.49. The maximum atomic E-state index is 6.21. The van der Waals surface area contributed by atoms with Gasteiger partial charge in [0.25, 0.3) is 0 Å². The summed E-state index contributed by atoms with van der Waals surface area (Å²) >= 11 is 4.21. The van der Waals surface area contributed by atoms with Crippen molar-refractivity contribution in [2.75, 3.05) is 19.8 Å². The molecule has 2 aromatic carbocycles. The molecule has 0 saturated carbocycles. The summed E-state index contributed by atoms with van der Waals surface area (Å²) in [5.41, 5.74) is 14.4. The highest BCUT2D eigenvalue weighted by atomic mass is 32.1. The average Bonchev–Trinajstić information content (AvgIpc) is 2.79. The van der Waals surface area contributed by atoms with E-state index in [1.165, 1.54) is 22.3 Å². The van der Waals surface area contributed by atoms with Crippen LogP contribution in [0, 0.1) is 13.8 Å². The normalized spacial score (nSPS) is 18.3. The standard InChI is InChI=1S/C25H32N2O2S/c1-17-3-6-25(23(13-17)24(26)16-30)29-15-20-5-4-19-14-27(10-7-22(19)18(20)2)21-8-11-28-12-9-21/h3-6,13,16,21,30H,7-12,14-15,26H2,1-2H3/b24-16-. The number of rotatable bonds is 5. The fourth-order valence-corrected chi connectivity index (χ4v) is 4.79. The van der Waals surface area contributed by atoms with Crippen LogP contribution in [0.2, 0.25) is 0 Å². The maximum Gasteiger partial charge on any atom is 0.129 e. The molecule has 4 nitrogen and oxygen atoms in total. The van der Waals surface area contributed by atoms with Gasteiger partial charge in [0, 0.05) is 43.6 Å². The molecule has 160 valence electrons. The third-order valence-corrected chi connectivity index (χ3v) is 6.78. The van der Waals surface area contributed by atoms with E-state index in [-0.39, 0.29) is 0 Å². The van der Waals surface area contributed by atoms with Gasteiger partial charge in [0.2, 0.25) is 0 Å². The first-order chi connectivity index (χ1) is 14.6. The summed E-state index contributed by atoms with van der Waals surface area (Å²) in [7, 11) is 0. The number of nitrogens with two attached hydrogens (primary N) is 1. The molecule has 0 aliphatic carbocycles. The number of hydrogen-bond donors (Lipinski definition) is 2. The molecular weight excluding hydrogens is 392 g/mol. The van der Waals surface area contributed by atoms with Gasteiger partial charge in [-0.3, -0.25) is 4.90 Å². The molecule has 0 bridgehead atoms. The zero-order valence-electron chi connectivity index (χ0n) is 18.0. The lowest BCUT2D eigenvalue weighted by Crippen LogP contribution is -2.42. The highest BCUT2D eigenvalue weighted by Crippen LogP contribution is 2.30. The summed E-state index contributed by atoms with van der Waals surface area (Å²) in [6.07, 6.45) is 3.42. The lowest BCUT2D eigenvalue weighted by molar-refractivity contribution is 0.0290. The summed E-state index contributed by atoms with van der Waals surface area (Å²) in [5.74, 6) is 0.797. The van der Waals surface area contributed by atoms with Gasteiger partial charge in [0.05, 0.1) is 0 Å². The molecule has 0 radical (unpaired) electrons. The van der Waals surface area contributed by atoms with Gasteiger partial charge < -0.3 is 15.2 Å². The van der Waals surface area contributed by atoms with E-state index in [0.29, 0.717) is 18.3 Å². The van der Waals surface area contributed by atoms with Crippen molar-refractivity contribution in [2.24, 2.45) is 5.73 Å². The molecule has 30 heavy (non-hydrogen) atoms. The van der Waals surface area contributed by atoms with Crippen LogP contribution in [0.25, 0.3) is 5.70 Å². The first-order valence-electron chi connectivity index (χ1n) is 10.8. The van der Waals surface area contributed by atoms with E-state index >= 15 is 0 Å². The molecule has 2 aromatic rings. The predicted molar refractivity (Wildman–Crippen MR) is 126 cm³/mol. The van der Waals surface area contributed by atoms with Crippen LogP contribution in [0.1, 0.15) is 46.2 Å².